The van der Waals surface area contributed by atoms with Gasteiger partial charge >= 0.3 is 0 Å². The third-order valence-corrected chi connectivity index (χ3v) is 2.33. The Hall–Kier alpha value is -1.62. The lowest BCUT2D eigenvalue weighted by Crippen LogP contribution is -2.12. The molecule has 0 aliphatic heterocycles. The Labute approximate surface area is 94.3 Å². The predicted molar refractivity (Wildman–Crippen MR) is 62.5 cm³/mol. The first kappa shape index (κ1) is 12.4. The minimum Gasteiger partial charge on any atom is -0.396 e. The van der Waals surface area contributed by atoms with Gasteiger partial charge in [0.25, 0.3) is 5.69 Å². The van der Waals surface area contributed by atoms with E-state index in [1.54, 1.807) is 12.1 Å². The fraction of sp³-hybridized carbons (Fsp3) is 0.455. The van der Waals surface area contributed by atoms with Crippen molar-refractivity contribution in [1.29, 1.82) is 0 Å². The standard InChI is InChI=1S/C11H16N2O3/c1-9(5-6-14)8-12-10-3-2-4-11(7-10)13(15)16/h2-4,7,9,12,14H,5-6,8H2,1H3. The van der Waals surface area contributed by atoms with E-state index in [0.29, 0.717) is 12.5 Å². The van der Waals surface area contributed by atoms with Crippen molar-refractivity contribution >= 4 is 11.4 Å². The highest BCUT2D eigenvalue weighted by molar-refractivity contribution is 5.50. The second-order valence-electron chi connectivity index (χ2n) is 3.81. The quantitative estimate of drug-likeness (QED) is 0.572. The fourth-order valence-electron chi connectivity index (χ4n) is 1.34. The van der Waals surface area contributed by atoms with E-state index in [2.05, 4.69) is 5.32 Å². The molecular weight excluding hydrogens is 208 g/mol. The molecule has 0 saturated heterocycles. The molecule has 0 fully saturated rings. The second-order valence-corrected chi connectivity index (χ2v) is 3.81. The van der Waals surface area contributed by atoms with Crippen LogP contribution >= 0.6 is 0 Å². The zero-order chi connectivity index (χ0) is 12.0. The van der Waals surface area contributed by atoms with Crippen molar-refractivity contribution in [3.05, 3.63) is 34.4 Å². The van der Waals surface area contributed by atoms with Gasteiger partial charge in [0.1, 0.15) is 0 Å². The molecule has 0 heterocycles. The SMILES string of the molecule is CC(CCO)CNc1cccc([N+](=O)[O-])c1. The molecule has 0 aliphatic carbocycles. The maximum absolute atomic E-state index is 10.5. The molecule has 1 aromatic carbocycles. The smallest absolute Gasteiger partial charge is 0.271 e. The normalized spacial score (nSPS) is 12.1. The van der Waals surface area contributed by atoms with Crippen molar-refractivity contribution in [3.63, 3.8) is 0 Å². The average Bonchev–Trinajstić information content (AvgIpc) is 2.27. The first-order chi connectivity index (χ1) is 7.63. The van der Waals surface area contributed by atoms with Gasteiger partial charge in [-0.2, -0.15) is 0 Å². The number of nitro groups is 1. The first-order valence-electron chi connectivity index (χ1n) is 5.22. The van der Waals surface area contributed by atoms with Gasteiger partial charge in [-0.25, -0.2) is 0 Å². The fourth-order valence-corrected chi connectivity index (χ4v) is 1.34. The number of anilines is 1. The summed E-state index contributed by atoms with van der Waals surface area (Å²) in [5.74, 6) is 0.337. The molecule has 0 aromatic heterocycles. The molecule has 2 N–H and O–H groups in total. The van der Waals surface area contributed by atoms with Gasteiger partial charge in [-0.1, -0.05) is 13.0 Å². The predicted octanol–water partition coefficient (Wildman–Crippen LogP) is 2.03. The molecule has 1 rings (SSSR count). The number of benzene rings is 1. The summed E-state index contributed by atoms with van der Waals surface area (Å²) in [5.41, 5.74) is 0.818. The molecule has 0 saturated carbocycles. The summed E-state index contributed by atoms with van der Waals surface area (Å²) in [7, 11) is 0. The van der Waals surface area contributed by atoms with Crippen LogP contribution < -0.4 is 5.32 Å². The number of nitrogens with zero attached hydrogens (tertiary/aromatic N) is 1. The molecule has 0 radical (unpaired) electrons. The zero-order valence-electron chi connectivity index (χ0n) is 9.22. The Kier molecular flexibility index (Phi) is 4.72. The van der Waals surface area contributed by atoms with Crippen LogP contribution in [0.3, 0.4) is 0 Å². The van der Waals surface area contributed by atoms with Crippen LogP contribution in [0, 0.1) is 16.0 Å². The number of rotatable bonds is 6. The van der Waals surface area contributed by atoms with Crippen LogP contribution in [0.4, 0.5) is 11.4 Å². The van der Waals surface area contributed by atoms with Gasteiger partial charge in [0.15, 0.2) is 0 Å². The Balaban J connectivity index is 2.54. The van der Waals surface area contributed by atoms with Gasteiger partial charge in [-0.3, -0.25) is 10.1 Å². The lowest BCUT2D eigenvalue weighted by Gasteiger charge is -2.11. The molecule has 0 spiro atoms. The molecular formula is C11H16N2O3. The van der Waals surface area contributed by atoms with Gasteiger partial charge in [0, 0.05) is 31.0 Å². The number of nitrogens with one attached hydrogen (secondary N) is 1. The molecule has 1 unspecified atom stereocenters. The topological polar surface area (TPSA) is 75.4 Å². The summed E-state index contributed by atoms with van der Waals surface area (Å²) in [6, 6.07) is 6.41. The highest BCUT2D eigenvalue weighted by Crippen LogP contribution is 2.17. The van der Waals surface area contributed by atoms with Crippen LogP contribution in [-0.4, -0.2) is 23.2 Å². The molecule has 1 aromatic rings. The number of nitro benzene ring substituents is 1. The Morgan fingerprint density at radius 3 is 2.94 bits per heavy atom. The van der Waals surface area contributed by atoms with E-state index in [0.717, 1.165) is 12.1 Å². The number of aliphatic hydroxyl groups excluding tert-OH is 1. The minimum absolute atomic E-state index is 0.0832. The summed E-state index contributed by atoms with van der Waals surface area (Å²) in [4.78, 5) is 10.1. The number of hydrogen-bond donors (Lipinski definition) is 2. The molecule has 0 aliphatic rings. The van der Waals surface area contributed by atoms with E-state index in [-0.39, 0.29) is 12.3 Å². The number of aliphatic hydroxyl groups is 1. The van der Waals surface area contributed by atoms with Crippen molar-refractivity contribution in [2.75, 3.05) is 18.5 Å². The zero-order valence-corrected chi connectivity index (χ0v) is 9.22. The van der Waals surface area contributed by atoms with Crippen molar-refractivity contribution in [1.82, 2.24) is 0 Å². The summed E-state index contributed by atoms with van der Waals surface area (Å²) in [6.45, 7) is 2.88. The largest absolute Gasteiger partial charge is 0.396 e. The van der Waals surface area contributed by atoms with Gasteiger partial charge in [-0.15, -0.1) is 0 Å². The van der Waals surface area contributed by atoms with Crippen molar-refractivity contribution in [3.8, 4) is 0 Å². The molecule has 5 nitrogen and oxygen atoms in total. The van der Waals surface area contributed by atoms with Crippen LogP contribution in [0.1, 0.15) is 13.3 Å². The lowest BCUT2D eigenvalue weighted by molar-refractivity contribution is -0.384. The highest BCUT2D eigenvalue weighted by Gasteiger charge is 2.06. The van der Waals surface area contributed by atoms with Gasteiger partial charge in [-0.05, 0) is 18.4 Å². The van der Waals surface area contributed by atoms with E-state index < -0.39 is 4.92 Å². The van der Waals surface area contributed by atoms with E-state index in [1.807, 2.05) is 6.92 Å². The average molecular weight is 224 g/mol. The van der Waals surface area contributed by atoms with E-state index in [1.165, 1.54) is 12.1 Å². The summed E-state index contributed by atoms with van der Waals surface area (Å²) in [6.07, 6.45) is 0.724. The molecule has 5 heteroatoms. The third-order valence-electron chi connectivity index (χ3n) is 2.33. The van der Waals surface area contributed by atoms with E-state index in [4.69, 9.17) is 5.11 Å². The Morgan fingerprint density at radius 2 is 2.31 bits per heavy atom. The van der Waals surface area contributed by atoms with Crippen molar-refractivity contribution in [2.24, 2.45) is 5.92 Å². The highest BCUT2D eigenvalue weighted by atomic mass is 16.6. The van der Waals surface area contributed by atoms with Crippen molar-refractivity contribution < 1.29 is 10.0 Å². The summed E-state index contributed by atoms with van der Waals surface area (Å²) >= 11 is 0. The molecule has 0 amide bonds. The monoisotopic (exact) mass is 224 g/mol. The van der Waals surface area contributed by atoms with Crippen LogP contribution in [0.2, 0.25) is 0 Å². The summed E-state index contributed by atoms with van der Waals surface area (Å²) in [5, 5.41) is 22.4. The molecule has 1 atom stereocenters. The maximum atomic E-state index is 10.5. The number of non-ortho nitro benzene ring substituents is 1. The van der Waals surface area contributed by atoms with Crippen LogP contribution in [-0.2, 0) is 0 Å². The van der Waals surface area contributed by atoms with Gasteiger partial charge in [0.05, 0.1) is 4.92 Å². The molecule has 16 heavy (non-hydrogen) atoms. The maximum Gasteiger partial charge on any atom is 0.271 e. The lowest BCUT2D eigenvalue weighted by atomic mass is 10.1. The second kappa shape index (κ2) is 6.07. The summed E-state index contributed by atoms with van der Waals surface area (Å²) < 4.78 is 0. The van der Waals surface area contributed by atoms with Crippen LogP contribution in [0.5, 0.6) is 0 Å². The Morgan fingerprint density at radius 1 is 1.56 bits per heavy atom. The minimum atomic E-state index is -0.414. The Bertz CT molecular complexity index is 355. The van der Waals surface area contributed by atoms with Crippen LogP contribution in [0.25, 0.3) is 0 Å². The molecule has 0 bridgehead atoms. The third kappa shape index (κ3) is 3.86. The van der Waals surface area contributed by atoms with Crippen molar-refractivity contribution in [2.45, 2.75) is 13.3 Å². The van der Waals surface area contributed by atoms with E-state index >= 15 is 0 Å². The van der Waals surface area contributed by atoms with Crippen LogP contribution in [0.15, 0.2) is 24.3 Å². The number of hydrogen-bond acceptors (Lipinski definition) is 4. The first-order valence-corrected chi connectivity index (χ1v) is 5.22. The van der Waals surface area contributed by atoms with E-state index in [9.17, 15) is 10.1 Å². The van der Waals surface area contributed by atoms with Gasteiger partial charge in [0.2, 0.25) is 0 Å². The molecule has 88 valence electrons. The van der Waals surface area contributed by atoms with Gasteiger partial charge < -0.3 is 10.4 Å².